The highest BCUT2D eigenvalue weighted by Gasteiger charge is 2.50. The van der Waals surface area contributed by atoms with Gasteiger partial charge in [0, 0.05) is 6.42 Å². The van der Waals surface area contributed by atoms with Crippen LogP contribution in [0, 0.1) is 23.2 Å². The third-order valence-electron chi connectivity index (χ3n) is 5.63. The first-order chi connectivity index (χ1) is 8.75. The van der Waals surface area contributed by atoms with E-state index in [0.29, 0.717) is 12.0 Å². The van der Waals surface area contributed by atoms with E-state index in [1.165, 1.54) is 44.3 Å². The Morgan fingerprint density at radius 1 is 1.00 bits per heavy atom. The Morgan fingerprint density at radius 3 is 2.06 bits per heavy atom. The second-order valence-corrected chi connectivity index (χ2v) is 7.17. The van der Waals surface area contributed by atoms with Crippen molar-refractivity contribution in [1.82, 2.24) is 0 Å². The van der Waals surface area contributed by atoms with Gasteiger partial charge in [-0.1, -0.05) is 0 Å². The van der Waals surface area contributed by atoms with Crippen molar-refractivity contribution in [2.45, 2.75) is 51.5 Å². The smallest absolute Gasteiger partial charge is 0.117 e. The first-order valence-electron chi connectivity index (χ1n) is 7.52. The fraction of sp³-hybridized carbons (Fsp3) is 0.750. The van der Waals surface area contributed by atoms with Gasteiger partial charge in [-0.2, -0.15) is 0 Å². The van der Waals surface area contributed by atoms with E-state index in [9.17, 15) is 0 Å². The molecule has 0 atom stereocenters. The van der Waals surface area contributed by atoms with Crippen LogP contribution in [0.2, 0.25) is 0 Å². The standard InChI is InChI=1S/C16H23NO/c17-10-15-2-1-14(18-15)9-16-6-11-3-12(7-16)5-13(4-11)8-16/h1-2,11-13H,3-10,17H2. The molecule has 1 aromatic heterocycles. The minimum atomic E-state index is 0.529. The molecule has 0 aromatic carbocycles. The third-order valence-corrected chi connectivity index (χ3v) is 5.63. The van der Waals surface area contributed by atoms with Crippen LogP contribution in [0.1, 0.15) is 50.0 Å². The maximum Gasteiger partial charge on any atom is 0.117 e. The van der Waals surface area contributed by atoms with Crippen LogP contribution in [0.3, 0.4) is 0 Å². The average molecular weight is 245 g/mol. The van der Waals surface area contributed by atoms with Crippen LogP contribution in [-0.2, 0) is 13.0 Å². The molecule has 98 valence electrons. The second kappa shape index (κ2) is 3.86. The summed E-state index contributed by atoms with van der Waals surface area (Å²) >= 11 is 0. The van der Waals surface area contributed by atoms with Crippen molar-refractivity contribution in [3.05, 3.63) is 23.7 Å². The van der Waals surface area contributed by atoms with Crippen molar-refractivity contribution in [1.29, 1.82) is 0 Å². The number of hydrogen-bond donors (Lipinski definition) is 1. The summed E-state index contributed by atoms with van der Waals surface area (Å²) in [6.07, 6.45) is 10.1. The van der Waals surface area contributed by atoms with Crippen LogP contribution in [0.4, 0.5) is 0 Å². The van der Waals surface area contributed by atoms with E-state index in [1.54, 1.807) is 0 Å². The maximum absolute atomic E-state index is 5.85. The molecule has 4 aliphatic carbocycles. The monoisotopic (exact) mass is 245 g/mol. The molecular weight excluding hydrogens is 222 g/mol. The Balaban J connectivity index is 1.56. The van der Waals surface area contributed by atoms with E-state index in [-0.39, 0.29) is 0 Å². The van der Waals surface area contributed by atoms with Gasteiger partial charge in [-0.25, -0.2) is 0 Å². The minimum Gasteiger partial charge on any atom is -0.465 e. The van der Waals surface area contributed by atoms with Crippen molar-refractivity contribution in [3.8, 4) is 0 Å². The normalized spacial score (nSPS) is 41.5. The van der Waals surface area contributed by atoms with E-state index in [1.807, 2.05) is 0 Å². The van der Waals surface area contributed by atoms with Crippen LogP contribution in [0.5, 0.6) is 0 Å². The molecule has 0 radical (unpaired) electrons. The van der Waals surface area contributed by atoms with Gasteiger partial charge in [0.25, 0.3) is 0 Å². The highest BCUT2D eigenvalue weighted by atomic mass is 16.3. The van der Waals surface area contributed by atoms with Gasteiger partial charge in [0.05, 0.1) is 6.54 Å². The third kappa shape index (κ3) is 1.73. The first-order valence-corrected chi connectivity index (χ1v) is 7.52. The summed E-state index contributed by atoms with van der Waals surface area (Å²) in [5.41, 5.74) is 6.21. The molecule has 4 fully saturated rings. The van der Waals surface area contributed by atoms with Gasteiger partial charge in [0.1, 0.15) is 11.5 Å². The molecular formula is C16H23NO. The van der Waals surface area contributed by atoms with Crippen molar-refractivity contribution >= 4 is 0 Å². The predicted octanol–water partition coefficient (Wildman–Crippen LogP) is 3.50. The van der Waals surface area contributed by atoms with E-state index in [2.05, 4.69) is 12.1 Å². The van der Waals surface area contributed by atoms with E-state index in [4.69, 9.17) is 10.2 Å². The number of hydrogen-bond acceptors (Lipinski definition) is 2. The molecule has 2 nitrogen and oxygen atoms in total. The average Bonchev–Trinajstić information content (AvgIpc) is 2.74. The molecule has 2 N–H and O–H groups in total. The van der Waals surface area contributed by atoms with Crippen molar-refractivity contribution in [2.75, 3.05) is 0 Å². The topological polar surface area (TPSA) is 39.2 Å². The second-order valence-electron chi connectivity index (χ2n) is 7.17. The number of rotatable bonds is 3. The van der Waals surface area contributed by atoms with Crippen molar-refractivity contribution in [3.63, 3.8) is 0 Å². The Kier molecular flexibility index (Phi) is 2.38. The molecule has 2 heteroatoms. The molecule has 1 aromatic rings. The Bertz CT molecular complexity index is 412. The van der Waals surface area contributed by atoms with Crippen LogP contribution in [-0.4, -0.2) is 0 Å². The van der Waals surface area contributed by atoms with Gasteiger partial charge < -0.3 is 10.2 Å². The van der Waals surface area contributed by atoms with Crippen molar-refractivity contribution in [2.24, 2.45) is 28.9 Å². The van der Waals surface area contributed by atoms with Crippen molar-refractivity contribution < 1.29 is 4.42 Å². The lowest BCUT2D eigenvalue weighted by Crippen LogP contribution is -2.46. The van der Waals surface area contributed by atoms with Crippen LogP contribution in [0.25, 0.3) is 0 Å². The molecule has 0 amide bonds. The van der Waals surface area contributed by atoms with Gasteiger partial charge in [0.2, 0.25) is 0 Å². The zero-order valence-electron chi connectivity index (χ0n) is 11.0. The van der Waals surface area contributed by atoms with E-state index < -0.39 is 0 Å². The lowest BCUT2D eigenvalue weighted by Gasteiger charge is -2.56. The highest BCUT2D eigenvalue weighted by molar-refractivity contribution is 5.12. The molecule has 0 unspecified atom stereocenters. The molecule has 1 heterocycles. The lowest BCUT2D eigenvalue weighted by molar-refractivity contribution is -0.0545. The quantitative estimate of drug-likeness (QED) is 0.885. The minimum absolute atomic E-state index is 0.529. The van der Waals surface area contributed by atoms with Gasteiger partial charge in [0.15, 0.2) is 0 Å². The molecule has 0 aliphatic heterocycles. The first kappa shape index (κ1) is 11.1. The number of furan rings is 1. The van der Waals surface area contributed by atoms with Crippen LogP contribution in [0.15, 0.2) is 16.5 Å². The maximum atomic E-state index is 5.85. The molecule has 4 saturated carbocycles. The van der Waals surface area contributed by atoms with Gasteiger partial charge in [-0.3, -0.25) is 0 Å². The largest absolute Gasteiger partial charge is 0.465 e. The summed E-state index contributed by atoms with van der Waals surface area (Å²) in [5, 5.41) is 0. The van der Waals surface area contributed by atoms with E-state index in [0.717, 1.165) is 29.9 Å². The molecule has 5 rings (SSSR count). The summed E-state index contributed by atoms with van der Waals surface area (Å²) in [6, 6.07) is 4.20. The molecule has 4 aliphatic rings. The van der Waals surface area contributed by atoms with Gasteiger partial charge in [-0.15, -0.1) is 0 Å². The Labute approximate surface area is 109 Å². The number of nitrogens with two attached hydrogens (primary N) is 1. The lowest BCUT2D eigenvalue weighted by atomic mass is 9.49. The summed E-state index contributed by atoms with van der Waals surface area (Å²) < 4.78 is 5.85. The Morgan fingerprint density at radius 2 is 1.56 bits per heavy atom. The fourth-order valence-electron chi connectivity index (χ4n) is 5.50. The van der Waals surface area contributed by atoms with Crippen LogP contribution < -0.4 is 5.73 Å². The molecule has 18 heavy (non-hydrogen) atoms. The predicted molar refractivity (Wildman–Crippen MR) is 70.9 cm³/mol. The zero-order chi connectivity index (χ0) is 12.2. The highest BCUT2D eigenvalue weighted by Crippen LogP contribution is 2.61. The summed E-state index contributed by atoms with van der Waals surface area (Å²) in [5.74, 6) is 5.20. The SMILES string of the molecule is NCc1ccc(CC23CC4CC(CC(C4)C2)C3)o1. The molecule has 0 saturated heterocycles. The van der Waals surface area contributed by atoms with Crippen LogP contribution >= 0.6 is 0 Å². The van der Waals surface area contributed by atoms with Gasteiger partial charge >= 0.3 is 0 Å². The van der Waals surface area contributed by atoms with E-state index >= 15 is 0 Å². The molecule has 0 spiro atoms. The zero-order valence-corrected chi connectivity index (χ0v) is 11.0. The van der Waals surface area contributed by atoms with Gasteiger partial charge in [-0.05, 0) is 73.8 Å². The molecule has 4 bridgehead atoms. The fourth-order valence-corrected chi connectivity index (χ4v) is 5.50. The Hall–Kier alpha value is -0.760. The summed E-state index contributed by atoms with van der Waals surface area (Å²) in [6.45, 7) is 0.529. The summed E-state index contributed by atoms with van der Waals surface area (Å²) in [4.78, 5) is 0. The summed E-state index contributed by atoms with van der Waals surface area (Å²) in [7, 11) is 0.